The topological polar surface area (TPSA) is 34.2 Å². The lowest BCUT2D eigenvalue weighted by molar-refractivity contribution is -0.227. The van der Waals surface area contributed by atoms with Crippen molar-refractivity contribution in [2.75, 3.05) is 13.2 Å². The lowest BCUT2D eigenvalue weighted by atomic mass is 9.95. The molecule has 0 bridgehead atoms. The zero-order chi connectivity index (χ0) is 9.31. The van der Waals surface area contributed by atoms with Crippen LogP contribution in [0.15, 0.2) is 18.3 Å². The van der Waals surface area contributed by atoms with Gasteiger partial charge < -0.3 is 14.5 Å². The van der Waals surface area contributed by atoms with Gasteiger partial charge in [-0.25, -0.2) is 0 Å². The van der Waals surface area contributed by atoms with Gasteiger partial charge in [0.1, 0.15) is 0 Å². The Bertz CT molecular complexity index is 256. The van der Waals surface area contributed by atoms with Gasteiger partial charge in [-0.05, 0) is 12.1 Å². The molecule has 1 fully saturated rings. The van der Waals surface area contributed by atoms with E-state index in [4.69, 9.17) is 9.47 Å². The van der Waals surface area contributed by atoms with Gasteiger partial charge in [0.05, 0.1) is 18.9 Å². The van der Waals surface area contributed by atoms with E-state index in [1.165, 1.54) is 0 Å². The molecule has 0 radical (unpaired) electrons. The average molecular weight is 181 g/mol. The Morgan fingerprint density at radius 2 is 2.08 bits per heavy atom. The van der Waals surface area contributed by atoms with E-state index in [9.17, 15) is 0 Å². The molecule has 1 saturated heterocycles. The maximum atomic E-state index is 5.58. The van der Waals surface area contributed by atoms with Gasteiger partial charge in [-0.2, -0.15) is 0 Å². The Labute approximate surface area is 78.1 Å². The largest absolute Gasteiger partial charge is 0.361 e. The maximum absolute atomic E-state index is 5.58. The molecule has 72 valence electrons. The fraction of sp³-hybridized carbons (Fsp3) is 0.600. The predicted octanol–water partition coefficient (Wildman–Crippen LogP) is 2.09. The molecular formula is C10H15NO2. The lowest BCUT2D eigenvalue weighted by Crippen LogP contribution is -2.33. The van der Waals surface area contributed by atoms with Crippen LogP contribution in [0.5, 0.6) is 0 Å². The van der Waals surface area contributed by atoms with Crippen LogP contribution in [0.3, 0.4) is 0 Å². The van der Waals surface area contributed by atoms with Crippen molar-refractivity contribution in [2.45, 2.75) is 20.1 Å². The summed E-state index contributed by atoms with van der Waals surface area (Å²) in [5, 5.41) is 0. The molecule has 1 aliphatic rings. The minimum Gasteiger partial charge on any atom is -0.361 e. The molecule has 2 rings (SSSR count). The highest BCUT2D eigenvalue weighted by Gasteiger charge is 2.29. The smallest absolute Gasteiger partial charge is 0.198 e. The second-order valence-corrected chi connectivity index (χ2v) is 4.24. The highest BCUT2D eigenvalue weighted by atomic mass is 16.7. The molecule has 3 nitrogen and oxygen atoms in total. The number of H-pyrrole nitrogens is 1. The Morgan fingerprint density at radius 1 is 1.38 bits per heavy atom. The SMILES string of the molecule is CC1(C)COC(c2ccc[nH]2)OC1. The van der Waals surface area contributed by atoms with Crippen molar-refractivity contribution in [3.05, 3.63) is 24.0 Å². The minimum atomic E-state index is -0.206. The van der Waals surface area contributed by atoms with E-state index in [0.29, 0.717) is 0 Å². The predicted molar refractivity (Wildman–Crippen MR) is 49.2 cm³/mol. The molecule has 1 N–H and O–H groups in total. The van der Waals surface area contributed by atoms with Crippen molar-refractivity contribution in [1.29, 1.82) is 0 Å². The summed E-state index contributed by atoms with van der Waals surface area (Å²) in [7, 11) is 0. The van der Waals surface area contributed by atoms with Gasteiger partial charge in [-0.15, -0.1) is 0 Å². The second-order valence-electron chi connectivity index (χ2n) is 4.24. The fourth-order valence-electron chi connectivity index (χ4n) is 1.36. The van der Waals surface area contributed by atoms with Crippen LogP contribution >= 0.6 is 0 Å². The summed E-state index contributed by atoms with van der Waals surface area (Å²) in [5.41, 5.74) is 1.14. The Hall–Kier alpha value is -0.800. The average Bonchev–Trinajstić information content (AvgIpc) is 2.56. The van der Waals surface area contributed by atoms with Gasteiger partial charge in [-0.1, -0.05) is 13.8 Å². The Kier molecular flexibility index (Phi) is 2.14. The quantitative estimate of drug-likeness (QED) is 0.719. The molecule has 1 aromatic rings. The first kappa shape index (κ1) is 8.78. The number of aromatic nitrogens is 1. The summed E-state index contributed by atoms with van der Waals surface area (Å²) < 4.78 is 11.2. The number of ether oxygens (including phenoxy) is 2. The third-order valence-electron chi connectivity index (χ3n) is 2.13. The van der Waals surface area contributed by atoms with Gasteiger partial charge in [0.2, 0.25) is 0 Å². The van der Waals surface area contributed by atoms with Crippen LogP contribution in [0.4, 0.5) is 0 Å². The van der Waals surface area contributed by atoms with Gasteiger partial charge in [-0.3, -0.25) is 0 Å². The zero-order valence-corrected chi connectivity index (χ0v) is 8.04. The maximum Gasteiger partial charge on any atom is 0.198 e. The molecular weight excluding hydrogens is 166 g/mol. The number of hydrogen-bond donors (Lipinski definition) is 1. The van der Waals surface area contributed by atoms with E-state index < -0.39 is 0 Å². The fourth-order valence-corrected chi connectivity index (χ4v) is 1.36. The highest BCUT2D eigenvalue weighted by molar-refractivity contribution is 5.05. The van der Waals surface area contributed by atoms with Crippen LogP contribution < -0.4 is 0 Å². The first-order valence-corrected chi connectivity index (χ1v) is 4.54. The summed E-state index contributed by atoms with van der Waals surface area (Å²) in [5.74, 6) is 0. The van der Waals surface area contributed by atoms with Crippen LogP contribution in [0.2, 0.25) is 0 Å². The molecule has 0 amide bonds. The highest BCUT2D eigenvalue weighted by Crippen LogP contribution is 2.29. The van der Waals surface area contributed by atoms with Crippen molar-refractivity contribution in [3.63, 3.8) is 0 Å². The number of rotatable bonds is 1. The summed E-state index contributed by atoms with van der Waals surface area (Å²) in [6.07, 6.45) is 1.67. The van der Waals surface area contributed by atoms with E-state index in [-0.39, 0.29) is 11.7 Å². The number of aromatic amines is 1. The first-order valence-electron chi connectivity index (χ1n) is 4.54. The van der Waals surface area contributed by atoms with Crippen LogP contribution in [-0.2, 0) is 9.47 Å². The van der Waals surface area contributed by atoms with Crippen LogP contribution in [0.25, 0.3) is 0 Å². The lowest BCUT2D eigenvalue weighted by Gasteiger charge is -2.34. The standard InChI is InChI=1S/C10H15NO2/c1-10(2)6-12-9(13-7-10)8-4-3-5-11-8/h3-5,9,11H,6-7H2,1-2H3. The van der Waals surface area contributed by atoms with Crippen molar-refractivity contribution in [3.8, 4) is 0 Å². The summed E-state index contributed by atoms with van der Waals surface area (Å²) in [6, 6.07) is 3.92. The van der Waals surface area contributed by atoms with E-state index in [1.54, 1.807) is 0 Å². The molecule has 3 heteroatoms. The molecule has 1 aromatic heterocycles. The van der Waals surface area contributed by atoms with E-state index in [0.717, 1.165) is 18.9 Å². The summed E-state index contributed by atoms with van der Waals surface area (Å²) in [4.78, 5) is 3.08. The minimum absolute atomic E-state index is 0.142. The van der Waals surface area contributed by atoms with Crippen LogP contribution in [-0.4, -0.2) is 18.2 Å². The van der Waals surface area contributed by atoms with Gasteiger partial charge in [0.15, 0.2) is 6.29 Å². The van der Waals surface area contributed by atoms with E-state index in [2.05, 4.69) is 18.8 Å². The summed E-state index contributed by atoms with van der Waals surface area (Å²) in [6.45, 7) is 5.77. The van der Waals surface area contributed by atoms with Crippen molar-refractivity contribution >= 4 is 0 Å². The zero-order valence-electron chi connectivity index (χ0n) is 8.04. The molecule has 0 aliphatic carbocycles. The normalized spacial score (nSPS) is 23.2. The third-order valence-corrected chi connectivity index (χ3v) is 2.13. The monoisotopic (exact) mass is 181 g/mol. The van der Waals surface area contributed by atoms with Crippen molar-refractivity contribution in [2.24, 2.45) is 5.41 Å². The molecule has 0 unspecified atom stereocenters. The van der Waals surface area contributed by atoms with Crippen molar-refractivity contribution < 1.29 is 9.47 Å². The van der Waals surface area contributed by atoms with E-state index in [1.807, 2.05) is 18.3 Å². The second kappa shape index (κ2) is 3.16. The molecule has 0 aromatic carbocycles. The van der Waals surface area contributed by atoms with E-state index >= 15 is 0 Å². The molecule has 0 saturated carbocycles. The number of nitrogens with one attached hydrogen (secondary N) is 1. The van der Waals surface area contributed by atoms with Gasteiger partial charge >= 0.3 is 0 Å². The van der Waals surface area contributed by atoms with Gasteiger partial charge in [0.25, 0.3) is 0 Å². The molecule has 0 atom stereocenters. The first-order chi connectivity index (χ1) is 6.17. The molecule has 13 heavy (non-hydrogen) atoms. The van der Waals surface area contributed by atoms with Crippen molar-refractivity contribution in [1.82, 2.24) is 4.98 Å². The van der Waals surface area contributed by atoms with Gasteiger partial charge in [0, 0.05) is 11.6 Å². The Balaban J connectivity index is 1.99. The third kappa shape index (κ3) is 1.92. The number of hydrogen-bond acceptors (Lipinski definition) is 2. The summed E-state index contributed by atoms with van der Waals surface area (Å²) >= 11 is 0. The Morgan fingerprint density at radius 3 is 2.62 bits per heavy atom. The van der Waals surface area contributed by atoms with Crippen LogP contribution in [0.1, 0.15) is 25.8 Å². The molecule has 1 aliphatic heterocycles. The van der Waals surface area contributed by atoms with Crippen LogP contribution in [0, 0.1) is 5.41 Å². The molecule has 0 spiro atoms. The molecule has 2 heterocycles.